The lowest BCUT2D eigenvalue weighted by atomic mass is 9.75. The Bertz CT molecular complexity index is 665. The van der Waals surface area contributed by atoms with Crippen molar-refractivity contribution >= 4 is 5.69 Å². The van der Waals surface area contributed by atoms with E-state index in [0.717, 1.165) is 6.07 Å². The zero-order valence-corrected chi connectivity index (χ0v) is 11.0. The summed E-state index contributed by atoms with van der Waals surface area (Å²) in [6, 6.07) is 7.82. The van der Waals surface area contributed by atoms with Crippen LogP contribution in [-0.2, 0) is 0 Å². The molecular formula is C16H13F4N. The van der Waals surface area contributed by atoms with Gasteiger partial charge in [-0.15, -0.1) is 0 Å². The molecule has 0 heterocycles. The van der Waals surface area contributed by atoms with Gasteiger partial charge >= 0.3 is 0 Å². The minimum atomic E-state index is -1.22. The Labute approximate surface area is 119 Å². The monoisotopic (exact) mass is 295 g/mol. The van der Waals surface area contributed by atoms with Crippen LogP contribution in [-0.4, -0.2) is 6.04 Å². The molecule has 0 radical (unpaired) electrons. The predicted octanol–water partition coefficient (Wildman–Crippen LogP) is 4.60. The molecule has 0 bridgehead atoms. The van der Waals surface area contributed by atoms with E-state index in [4.69, 9.17) is 0 Å². The number of halogens is 4. The van der Waals surface area contributed by atoms with E-state index in [1.54, 1.807) is 18.2 Å². The van der Waals surface area contributed by atoms with Crippen LogP contribution in [0.5, 0.6) is 0 Å². The summed E-state index contributed by atoms with van der Waals surface area (Å²) in [5.74, 6) is -3.36. The van der Waals surface area contributed by atoms with E-state index >= 15 is 0 Å². The van der Waals surface area contributed by atoms with Crippen molar-refractivity contribution in [3.8, 4) is 0 Å². The molecule has 3 rings (SSSR count). The third-order valence-electron chi connectivity index (χ3n) is 3.84. The first-order chi connectivity index (χ1) is 10.0. The van der Waals surface area contributed by atoms with Crippen molar-refractivity contribution in [2.75, 3.05) is 5.32 Å². The van der Waals surface area contributed by atoms with Crippen molar-refractivity contribution in [3.05, 3.63) is 65.2 Å². The molecule has 1 aliphatic carbocycles. The van der Waals surface area contributed by atoms with Crippen LogP contribution in [0.15, 0.2) is 36.4 Å². The maximum absolute atomic E-state index is 13.6. The van der Waals surface area contributed by atoms with Crippen molar-refractivity contribution in [3.63, 3.8) is 0 Å². The number of hydrogen-bond acceptors (Lipinski definition) is 1. The zero-order valence-electron chi connectivity index (χ0n) is 11.0. The molecule has 0 aliphatic heterocycles. The minimum Gasteiger partial charge on any atom is -0.380 e. The Morgan fingerprint density at radius 3 is 2.33 bits per heavy atom. The summed E-state index contributed by atoms with van der Waals surface area (Å²) in [5, 5.41) is 2.77. The quantitative estimate of drug-likeness (QED) is 0.644. The molecule has 1 fully saturated rings. The molecular weight excluding hydrogens is 282 g/mol. The van der Waals surface area contributed by atoms with Crippen LogP contribution in [0.3, 0.4) is 0 Å². The summed E-state index contributed by atoms with van der Waals surface area (Å²) in [4.78, 5) is 0. The average Bonchev–Trinajstić information content (AvgIpc) is 2.40. The Hall–Kier alpha value is -2.04. The van der Waals surface area contributed by atoms with Crippen LogP contribution in [0.4, 0.5) is 23.2 Å². The normalized spacial score (nSPS) is 21.0. The van der Waals surface area contributed by atoms with Crippen molar-refractivity contribution in [2.45, 2.75) is 24.8 Å². The third kappa shape index (κ3) is 2.73. The first kappa shape index (κ1) is 13.9. The molecule has 1 nitrogen and oxygen atoms in total. The number of hydrogen-bond donors (Lipinski definition) is 1. The van der Waals surface area contributed by atoms with Gasteiger partial charge in [0.1, 0.15) is 11.6 Å². The molecule has 5 heteroatoms. The fourth-order valence-electron chi connectivity index (χ4n) is 2.68. The highest BCUT2D eigenvalue weighted by Crippen LogP contribution is 2.39. The lowest BCUT2D eigenvalue weighted by molar-refractivity contribution is 0.361. The third-order valence-corrected chi connectivity index (χ3v) is 3.84. The summed E-state index contributed by atoms with van der Waals surface area (Å²) in [7, 11) is 0. The van der Waals surface area contributed by atoms with E-state index in [1.165, 1.54) is 6.07 Å². The minimum absolute atomic E-state index is 0.0465. The molecule has 0 spiro atoms. The van der Waals surface area contributed by atoms with E-state index in [0.29, 0.717) is 24.5 Å². The van der Waals surface area contributed by atoms with Crippen molar-refractivity contribution in [1.29, 1.82) is 0 Å². The molecule has 21 heavy (non-hydrogen) atoms. The van der Waals surface area contributed by atoms with E-state index in [9.17, 15) is 17.6 Å². The van der Waals surface area contributed by atoms with Gasteiger partial charge in [-0.25, -0.2) is 17.6 Å². The number of benzene rings is 2. The predicted molar refractivity (Wildman–Crippen MR) is 72.1 cm³/mol. The van der Waals surface area contributed by atoms with Crippen LogP contribution in [0.2, 0.25) is 0 Å². The molecule has 1 aliphatic rings. The van der Waals surface area contributed by atoms with Crippen molar-refractivity contribution in [2.24, 2.45) is 0 Å². The SMILES string of the molecule is Fc1cc(F)c(F)c(NC2CC(c3ccccc3F)C2)c1. The first-order valence-corrected chi connectivity index (χ1v) is 6.70. The van der Waals surface area contributed by atoms with Gasteiger partial charge in [-0.1, -0.05) is 18.2 Å². The van der Waals surface area contributed by atoms with Gasteiger partial charge in [0.15, 0.2) is 11.6 Å². The lowest BCUT2D eigenvalue weighted by Crippen LogP contribution is -2.34. The topological polar surface area (TPSA) is 12.0 Å². The van der Waals surface area contributed by atoms with Crippen LogP contribution >= 0.6 is 0 Å². The van der Waals surface area contributed by atoms with Gasteiger partial charge in [0, 0.05) is 18.2 Å². The molecule has 1 N–H and O–H groups in total. The van der Waals surface area contributed by atoms with Crippen LogP contribution in [0, 0.1) is 23.3 Å². The van der Waals surface area contributed by atoms with Crippen LogP contribution in [0.25, 0.3) is 0 Å². The summed E-state index contributed by atoms with van der Waals surface area (Å²) in [6.07, 6.45) is 1.19. The molecule has 110 valence electrons. The van der Waals surface area contributed by atoms with E-state index in [2.05, 4.69) is 5.32 Å². The molecule has 0 unspecified atom stereocenters. The Morgan fingerprint density at radius 2 is 1.62 bits per heavy atom. The van der Waals surface area contributed by atoms with Gasteiger partial charge < -0.3 is 5.32 Å². The van der Waals surface area contributed by atoms with Crippen molar-refractivity contribution < 1.29 is 17.6 Å². The number of rotatable bonds is 3. The second kappa shape index (κ2) is 5.39. The van der Waals surface area contributed by atoms with Crippen LogP contribution in [0.1, 0.15) is 24.3 Å². The summed E-state index contributed by atoms with van der Waals surface area (Å²) < 4.78 is 53.3. The largest absolute Gasteiger partial charge is 0.380 e. The number of anilines is 1. The summed E-state index contributed by atoms with van der Waals surface area (Å²) in [5.41, 5.74) is 0.436. The van der Waals surface area contributed by atoms with Gasteiger partial charge in [0.2, 0.25) is 0 Å². The maximum Gasteiger partial charge on any atom is 0.182 e. The molecule has 0 aromatic heterocycles. The highest BCUT2D eigenvalue weighted by Gasteiger charge is 2.32. The van der Waals surface area contributed by atoms with E-state index in [-0.39, 0.29) is 23.5 Å². The molecule has 0 saturated heterocycles. The van der Waals surface area contributed by atoms with Crippen molar-refractivity contribution in [1.82, 2.24) is 0 Å². The van der Waals surface area contributed by atoms with E-state index < -0.39 is 17.5 Å². The van der Waals surface area contributed by atoms with Gasteiger partial charge in [-0.3, -0.25) is 0 Å². The second-order valence-electron chi connectivity index (χ2n) is 5.28. The van der Waals surface area contributed by atoms with Gasteiger partial charge in [0.25, 0.3) is 0 Å². The highest BCUT2D eigenvalue weighted by atomic mass is 19.2. The summed E-state index contributed by atoms with van der Waals surface area (Å²) >= 11 is 0. The Balaban J connectivity index is 1.67. The average molecular weight is 295 g/mol. The molecule has 1 saturated carbocycles. The Kier molecular flexibility index (Phi) is 3.57. The number of nitrogens with one attached hydrogen (secondary N) is 1. The zero-order chi connectivity index (χ0) is 15.0. The smallest absolute Gasteiger partial charge is 0.182 e. The van der Waals surface area contributed by atoms with Gasteiger partial charge in [-0.2, -0.15) is 0 Å². The first-order valence-electron chi connectivity index (χ1n) is 6.70. The van der Waals surface area contributed by atoms with Crippen LogP contribution < -0.4 is 5.32 Å². The highest BCUT2D eigenvalue weighted by molar-refractivity contribution is 5.47. The maximum atomic E-state index is 13.6. The van der Waals surface area contributed by atoms with E-state index in [1.807, 2.05) is 0 Å². The fraction of sp³-hybridized carbons (Fsp3) is 0.250. The molecule has 0 atom stereocenters. The molecule has 2 aromatic rings. The fourth-order valence-corrected chi connectivity index (χ4v) is 2.68. The Morgan fingerprint density at radius 1 is 0.905 bits per heavy atom. The standard InChI is InChI=1S/C16H13F4N/c17-10-7-14(19)16(20)15(8-10)21-11-5-9(6-11)12-3-1-2-4-13(12)18/h1-4,7-9,11,21H,5-6H2. The van der Waals surface area contributed by atoms with Gasteiger partial charge in [-0.05, 0) is 30.4 Å². The second-order valence-corrected chi connectivity index (χ2v) is 5.28. The molecule has 2 aromatic carbocycles. The molecule has 0 amide bonds. The lowest BCUT2D eigenvalue weighted by Gasteiger charge is -2.37. The van der Waals surface area contributed by atoms with Gasteiger partial charge in [0.05, 0.1) is 5.69 Å². The summed E-state index contributed by atoms with van der Waals surface area (Å²) in [6.45, 7) is 0.